The quantitative estimate of drug-likeness (QED) is 0.830. The van der Waals surface area contributed by atoms with Crippen LogP contribution in [0.3, 0.4) is 0 Å². The smallest absolute Gasteiger partial charge is 0.150 e. The van der Waals surface area contributed by atoms with E-state index in [0.717, 1.165) is 19.5 Å². The Kier molecular flexibility index (Phi) is 3.14. The second kappa shape index (κ2) is 4.65. The minimum atomic E-state index is 0.286. The fourth-order valence-electron chi connectivity index (χ4n) is 3.37. The first-order valence-corrected chi connectivity index (χ1v) is 7.34. The van der Waals surface area contributed by atoms with E-state index in [1.165, 1.54) is 43.8 Å². The Morgan fingerprint density at radius 3 is 2.89 bits per heavy atom. The van der Waals surface area contributed by atoms with Crippen LogP contribution in [0.4, 0.5) is 0 Å². The van der Waals surface area contributed by atoms with Gasteiger partial charge in [0.05, 0.1) is 6.04 Å². The highest BCUT2D eigenvalue weighted by atomic mass is 15.3. The van der Waals surface area contributed by atoms with Gasteiger partial charge in [-0.25, -0.2) is 0 Å². The second-order valence-corrected chi connectivity index (χ2v) is 6.42. The summed E-state index contributed by atoms with van der Waals surface area (Å²) < 4.78 is 2.39. The van der Waals surface area contributed by atoms with Gasteiger partial charge < -0.3 is 9.88 Å². The highest BCUT2D eigenvalue weighted by Gasteiger charge is 2.37. The Morgan fingerprint density at radius 1 is 1.17 bits per heavy atom. The molecule has 1 fully saturated rings. The number of hydrogen-bond donors (Lipinski definition) is 1. The van der Waals surface area contributed by atoms with E-state index in [1.807, 2.05) is 0 Å². The Balaban J connectivity index is 1.94. The van der Waals surface area contributed by atoms with Crippen LogP contribution in [0.25, 0.3) is 0 Å². The third-order valence-electron chi connectivity index (χ3n) is 4.52. The lowest BCUT2D eigenvalue weighted by Gasteiger charge is -2.38. The van der Waals surface area contributed by atoms with Gasteiger partial charge in [0, 0.05) is 13.0 Å². The maximum Gasteiger partial charge on any atom is 0.150 e. The van der Waals surface area contributed by atoms with Crippen molar-refractivity contribution in [2.45, 2.75) is 65.0 Å². The van der Waals surface area contributed by atoms with Crippen molar-refractivity contribution < 1.29 is 0 Å². The maximum absolute atomic E-state index is 4.51. The molecule has 0 aromatic carbocycles. The van der Waals surface area contributed by atoms with Crippen LogP contribution in [-0.4, -0.2) is 21.3 Å². The molecule has 0 spiro atoms. The fourth-order valence-corrected chi connectivity index (χ4v) is 3.37. The summed E-state index contributed by atoms with van der Waals surface area (Å²) in [5.41, 5.74) is 0.286. The lowest BCUT2D eigenvalue weighted by atomic mass is 9.77. The van der Waals surface area contributed by atoms with Crippen LogP contribution < -0.4 is 5.32 Å². The first kappa shape index (κ1) is 12.2. The number of aryl methyl sites for hydroxylation is 1. The number of nitrogens with one attached hydrogen (secondary N) is 1. The van der Waals surface area contributed by atoms with Crippen LogP contribution in [0.15, 0.2) is 0 Å². The first-order chi connectivity index (χ1) is 8.68. The third-order valence-corrected chi connectivity index (χ3v) is 4.52. The number of rotatable bonds is 1. The molecule has 0 bridgehead atoms. The molecule has 0 amide bonds. The van der Waals surface area contributed by atoms with Crippen molar-refractivity contribution in [2.75, 3.05) is 6.54 Å². The standard InChI is InChI=1S/C14H24N4/c1-14(2)8-6-9-15-12(14)13-17-16-11-7-4-3-5-10-18(11)13/h12,15H,3-10H2,1-2H3. The average molecular weight is 248 g/mol. The topological polar surface area (TPSA) is 42.7 Å². The molecular weight excluding hydrogens is 224 g/mol. The zero-order valence-corrected chi connectivity index (χ0v) is 11.6. The highest BCUT2D eigenvalue weighted by molar-refractivity contribution is 5.08. The molecule has 1 atom stereocenters. The molecule has 1 aromatic rings. The summed E-state index contributed by atoms with van der Waals surface area (Å²) in [6.45, 7) is 6.91. The van der Waals surface area contributed by atoms with Crippen molar-refractivity contribution in [2.24, 2.45) is 5.41 Å². The molecule has 3 heterocycles. The van der Waals surface area contributed by atoms with Gasteiger partial charge in [-0.2, -0.15) is 0 Å². The summed E-state index contributed by atoms with van der Waals surface area (Å²) in [4.78, 5) is 0. The first-order valence-electron chi connectivity index (χ1n) is 7.34. The van der Waals surface area contributed by atoms with E-state index >= 15 is 0 Å². The minimum absolute atomic E-state index is 0.286. The van der Waals surface area contributed by atoms with Crippen molar-refractivity contribution in [3.8, 4) is 0 Å². The van der Waals surface area contributed by atoms with Crippen LogP contribution in [0, 0.1) is 5.41 Å². The molecule has 1 aromatic heterocycles. The molecule has 4 nitrogen and oxygen atoms in total. The summed E-state index contributed by atoms with van der Waals surface area (Å²) in [6.07, 6.45) is 7.49. The molecule has 1 unspecified atom stereocenters. The number of aromatic nitrogens is 3. The summed E-state index contributed by atoms with van der Waals surface area (Å²) in [7, 11) is 0. The summed E-state index contributed by atoms with van der Waals surface area (Å²) >= 11 is 0. The van der Waals surface area contributed by atoms with E-state index in [0.29, 0.717) is 6.04 Å². The van der Waals surface area contributed by atoms with Crippen molar-refractivity contribution >= 4 is 0 Å². The molecule has 2 aliphatic heterocycles. The molecule has 100 valence electrons. The predicted molar refractivity (Wildman–Crippen MR) is 71.3 cm³/mol. The van der Waals surface area contributed by atoms with Gasteiger partial charge in [-0.3, -0.25) is 0 Å². The van der Waals surface area contributed by atoms with Gasteiger partial charge in [0.25, 0.3) is 0 Å². The molecular formula is C14H24N4. The number of fused-ring (bicyclic) bond motifs is 1. The largest absolute Gasteiger partial charge is 0.314 e. The van der Waals surface area contributed by atoms with Gasteiger partial charge in [0.2, 0.25) is 0 Å². The van der Waals surface area contributed by atoms with Crippen LogP contribution in [-0.2, 0) is 13.0 Å². The van der Waals surface area contributed by atoms with Crippen molar-refractivity contribution in [3.63, 3.8) is 0 Å². The predicted octanol–water partition coefficient (Wildman–Crippen LogP) is 2.46. The van der Waals surface area contributed by atoms with E-state index < -0.39 is 0 Å². The molecule has 0 radical (unpaired) electrons. The molecule has 1 saturated heterocycles. The third kappa shape index (κ3) is 2.07. The number of nitrogens with zero attached hydrogens (tertiary/aromatic N) is 3. The molecule has 1 N–H and O–H groups in total. The Labute approximate surface area is 109 Å². The van der Waals surface area contributed by atoms with Crippen molar-refractivity contribution in [1.29, 1.82) is 0 Å². The second-order valence-electron chi connectivity index (χ2n) is 6.42. The van der Waals surface area contributed by atoms with Gasteiger partial charge in [-0.1, -0.05) is 20.3 Å². The molecule has 0 saturated carbocycles. The minimum Gasteiger partial charge on any atom is -0.314 e. The zero-order chi connectivity index (χ0) is 12.6. The molecule has 2 aliphatic rings. The average Bonchev–Trinajstić information content (AvgIpc) is 2.58. The van der Waals surface area contributed by atoms with Crippen LogP contribution >= 0.6 is 0 Å². The van der Waals surface area contributed by atoms with Crippen LogP contribution in [0.5, 0.6) is 0 Å². The molecule has 0 aliphatic carbocycles. The SMILES string of the molecule is CC1(C)CCCNC1c1nnc2n1CCCCC2. The monoisotopic (exact) mass is 248 g/mol. The van der Waals surface area contributed by atoms with E-state index in [1.54, 1.807) is 0 Å². The summed E-state index contributed by atoms with van der Waals surface area (Å²) in [5.74, 6) is 2.38. The van der Waals surface area contributed by atoms with Crippen LogP contribution in [0.1, 0.15) is 63.6 Å². The number of piperidine rings is 1. The van der Waals surface area contributed by atoms with E-state index in [9.17, 15) is 0 Å². The molecule has 4 heteroatoms. The lowest BCUT2D eigenvalue weighted by Crippen LogP contribution is -2.41. The highest BCUT2D eigenvalue weighted by Crippen LogP contribution is 2.39. The van der Waals surface area contributed by atoms with Gasteiger partial charge in [0.1, 0.15) is 5.82 Å². The Morgan fingerprint density at radius 2 is 2.06 bits per heavy atom. The van der Waals surface area contributed by atoms with E-state index in [4.69, 9.17) is 0 Å². The molecule has 18 heavy (non-hydrogen) atoms. The lowest BCUT2D eigenvalue weighted by molar-refractivity contribution is 0.169. The zero-order valence-electron chi connectivity index (χ0n) is 11.6. The maximum atomic E-state index is 4.51. The van der Waals surface area contributed by atoms with Gasteiger partial charge in [0.15, 0.2) is 5.82 Å². The Hall–Kier alpha value is -0.900. The van der Waals surface area contributed by atoms with Gasteiger partial charge in [-0.15, -0.1) is 10.2 Å². The Bertz CT molecular complexity index is 421. The van der Waals surface area contributed by atoms with E-state index in [2.05, 4.69) is 33.9 Å². The van der Waals surface area contributed by atoms with Crippen molar-refractivity contribution in [1.82, 2.24) is 20.1 Å². The van der Waals surface area contributed by atoms with Crippen LogP contribution in [0.2, 0.25) is 0 Å². The fraction of sp³-hybridized carbons (Fsp3) is 0.857. The summed E-state index contributed by atoms with van der Waals surface area (Å²) in [6, 6.07) is 0.366. The summed E-state index contributed by atoms with van der Waals surface area (Å²) in [5, 5.41) is 12.6. The van der Waals surface area contributed by atoms with Crippen molar-refractivity contribution in [3.05, 3.63) is 11.6 Å². The normalized spacial score (nSPS) is 27.6. The number of hydrogen-bond acceptors (Lipinski definition) is 3. The molecule has 3 rings (SSSR count). The van der Waals surface area contributed by atoms with Gasteiger partial charge in [-0.05, 0) is 37.6 Å². The van der Waals surface area contributed by atoms with E-state index in [-0.39, 0.29) is 5.41 Å². The van der Waals surface area contributed by atoms with Gasteiger partial charge >= 0.3 is 0 Å².